The Morgan fingerprint density at radius 1 is 0.973 bits per heavy atom. The number of esters is 1. The Morgan fingerprint density at radius 3 is 2.41 bits per heavy atom. The van der Waals surface area contributed by atoms with Gasteiger partial charge in [0.25, 0.3) is 0 Å². The maximum atomic E-state index is 13.2. The van der Waals surface area contributed by atoms with Gasteiger partial charge in [-0.15, -0.1) is 0 Å². The molecule has 4 aromatic rings. The number of carbonyl (C=O) groups is 2. The first-order valence-corrected chi connectivity index (χ1v) is 11.8. The molecule has 1 aliphatic rings. The van der Waals surface area contributed by atoms with E-state index in [9.17, 15) is 19.5 Å². The Balaban J connectivity index is 1.50. The summed E-state index contributed by atoms with van der Waals surface area (Å²) in [4.78, 5) is 46.5. The van der Waals surface area contributed by atoms with Crippen LogP contribution in [-0.2, 0) is 16.0 Å². The zero-order valence-corrected chi connectivity index (χ0v) is 19.9. The Hall–Kier alpha value is -4.92. The van der Waals surface area contributed by atoms with E-state index >= 15 is 0 Å². The van der Waals surface area contributed by atoms with Gasteiger partial charge in [-0.3, -0.25) is 14.8 Å². The average Bonchev–Trinajstić information content (AvgIpc) is 3.40. The number of H-pyrrole nitrogens is 2. The molecule has 0 bridgehead atoms. The van der Waals surface area contributed by atoms with Crippen molar-refractivity contribution in [2.75, 3.05) is 11.9 Å². The molecular weight excluding hydrogens is 472 g/mol. The normalized spacial score (nSPS) is 14.8. The number of hydrogen-bond donors (Lipinski definition) is 4. The molecule has 1 aromatic heterocycles. The molecule has 3 aromatic carbocycles. The smallest absolute Gasteiger partial charge is 0.338 e. The van der Waals surface area contributed by atoms with E-state index in [1.165, 1.54) is 0 Å². The molecule has 1 unspecified atom stereocenters. The van der Waals surface area contributed by atoms with Crippen molar-refractivity contribution in [1.29, 1.82) is 0 Å². The maximum Gasteiger partial charge on any atom is 0.338 e. The van der Waals surface area contributed by atoms with Crippen LogP contribution in [0, 0.1) is 0 Å². The number of anilines is 1. The minimum atomic E-state index is -0.671. The Labute approximate surface area is 211 Å². The standard InChI is InChI=1S/C28H24N4O5/c1-2-37-27(35)18-10-13-20-21(15-18)30-26(34)23(20)24(17-6-4-3-5-7-17)29-19-11-8-16(9-12-19)14-22-25(33)32-28(36)31-22/h3-13,15,23,33H,2,14H2,1H3,(H,30,34)(H2,31,32,36). The first kappa shape index (κ1) is 23.8. The van der Waals surface area contributed by atoms with Gasteiger partial charge in [-0.25, -0.2) is 9.59 Å². The first-order chi connectivity index (χ1) is 17.9. The number of benzene rings is 3. The maximum absolute atomic E-state index is 13.2. The quantitative estimate of drug-likeness (QED) is 0.226. The number of nitrogens with zero attached hydrogens (tertiary/aromatic N) is 1. The number of rotatable bonds is 7. The third-order valence-corrected chi connectivity index (χ3v) is 6.09. The molecular formula is C28H24N4O5. The van der Waals surface area contributed by atoms with E-state index in [4.69, 9.17) is 9.73 Å². The van der Waals surface area contributed by atoms with Gasteiger partial charge >= 0.3 is 11.7 Å². The first-order valence-electron chi connectivity index (χ1n) is 11.8. The van der Waals surface area contributed by atoms with Crippen LogP contribution in [0.15, 0.2) is 82.6 Å². The van der Waals surface area contributed by atoms with Crippen LogP contribution in [-0.4, -0.2) is 39.3 Å². The third kappa shape index (κ3) is 4.92. The van der Waals surface area contributed by atoms with Gasteiger partial charge in [0, 0.05) is 12.1 Å². The summed E-state index contributed by atoms with van der Waals surface area (Å²) in [6.07, 6.45) is 0.335. The Morgan fingerprint density at radius 2 is 1.73 bits per heavy atom. The summed E-state index contributed by atoms with van der Waals surface area (Å²) in [5.74, 6) is -1.54. The molecule has 0 saturated heterocycles. The Kier molecular flexibility index (Phi) is 6.42. The molecule has 0 aliphatic carbocycles. The van der Waals surface area contributed by atoms with Crippen LogP contribution in [0.3, 0.4) is 0 Å². The van der Waals surface area contributed by atoms with Gasteiger partial charge in [-0.05, 0) is 47.9 Å². The summed E-state index contributed by atoms with van der Waals surface area (Å²) in [7, 11) is 0. The lowest BCUT2D eigenvalue weighted by atomic mass is 9.90. The van der Waals surface area contributed by atoms with E-state index < -0.39 is 17.6 Å². The number of carbonyl (C=O) groups excluding carboxylic acids is 2. The molecule has 1 atom stereocenters. The topological polar surface area (TPSA) is 137 Å². The monoisotopic (exact) mass is 496 g/mol. The van der Waals surface area contributed by atoms with Crippen LogP contribution in [0.1, 0.15) is 45.6 Å². The van der Waals surface area contributed by atoms with Crippen LogP contribution < -0.4 is 11.0 Å². The van der Waals surface area contributed by atoms with E-state index in [2.05, 4.69) is 15.3 Å². The Bertz CT molecular complexity index is 1550. The van der Waals surface area contributed by atoms with E-state index in [-0.39, 0.29) is 18.4 Å². The fraction of sp³-hybridized carbons (Fsp3) is 0.143. The highest BCUT2D eigenvalue weighted by atomic mass is 16.5. The lowest BCUT2D eigenvalue weighted by molar-refractivity contribution is -0.115. The van der Waals surface area contributed by atoms with Gasteiger partial charge in [0.05, 0.1) is 29.3 Å². The van der Waals surface area contributed by atoms with Crippen molar-refractivity contribution in [3.63, 3.8) is 0 Å². The van der Waals surface area contributed by atoms with Crippen LogP contribution >= 0.6 is 0 Å². The van der Waals surface area contributed by atoms with Gasteiger partial charge in [0.15, 0.2) is 0 Å². The minimum absolute atomic E-state index is 0.185. The SMILES string of the molecule is CCOC(=O)c1ccc2c(c1)NC(=O)C2C(=Nc1ccc(Cc2[nH]c(=O)[nH]c2O)cc1)c1ccccc1. The lowest BCUT2D eigenvalue weighted by Crippen LogP contribution is -2.21. The fourth-order valence-electron chi connectivity index (χ4n) is 4.35. The van der Waals surface area contributed by atoms with Gasteiger partial charge in [-0.2, -0.15) is 0 Å². The molecule has 2 heterocycles. The van der Waals surface area contributed by atoms with E-state index in [0.717, 1.165) is 16.7 Å². The number of ether oxygens (including phenoxy) is 1. The summed E-state index contributed by atoms with van der Waals surface area (Å²) >= 11 is 0. The van der Waals surface area contributed by atoms with Crippen molar-refractivity contribution in [3.8, 4) is 5.88 Å². The van der Waals surface area contributed by atoms with Gasteiger partial charge in [-0.1, -0.05) is 48.5 Å². The van der Waals surface area contributed by atoms with Gasteiger partial charge in [0.1, 0.15) is 5.92 Å². The highest BCUT2D eigenvalue weighted by Crippen LogP contribution is 2.37. The summed E-state index contributed by atoms with van der Waals surface area (Å²) < 4.78 is 5.08. The third-order valence-electron chi connectivity index (χ3n) is 6.09. The number of nitrogens with one attached hydrogen (secondary N) is 3. The van der Waals surface area contributed by atoms with E-state index in [0.29, 0.717) is 34.8 Å². The molecule has 5 rings (SSSR count). The van der Waals surface area contributed by atoms with Crippen molar-refractivity contribution >= 4 is 29.0 Å². The second-order valence-electron chi connectivity index (χ2n) is 8.56. The van der Waals surface area contributed by atoms with E-state index in [1.54, 1.807) is 25.1 Å². The fourth-order valence-corrected chi connectivity index (χ4v) is 4.35. The molecule has 9 nitrogen and oxygen atoms in total. The molecule has 1 amide bonds. The summed E-state index contributed by atoms with van der Waals surface area (Å²) in [5.41, 5.74) is 4.44. The number of imidazole rings is 1. The molecule has 0 spiro atoms. The summed E-state index contributed by atoms with van der Waals surface area (Å²) in [6.45, 7) is 2.00. The molecule has 0 saturated carbocycles. The lowest BCUT2D eigenvalue weighted by Gasteiger charge is -2.14. The van der Waals surface area contributed by atoms with Crippen LogP contribution in [0.4, 0.5) is 11.4 Å². The zero-order chi connectivity index (χ0) is 25.9. The molecule has 0 fully saturated rings. The molecule has 0 radical (unpaired) electrons. The molecule has 37 heavy (non-hydrogen) atoms. The van der Waals surface area contributed by atoms with Crippen LogP contribution in [0.2, 0.25) is 0 Å². The predicted molar refractivity (Wildman–Crippen MR) is 139 cm³/mol. The van der Waals surface area contributed by atoms with Crippen molar-refractivity contribution in [3.05, 3.63) is 111 Å². The number of fused-ring (bicyclic) bond motifs is 1. The van der Waals surface area contributed by atoms with Crippen molar-refractivity contribution in [2.24, 2.45) is 4.99 Å². The number of aliphatic imine (C=N–C) groups is 1. The van der Waals surface area contributed by atoms with E-state index in [1.807, 2.05) is 54.6 Å². The van der Waals surface area contributed by atoms with Crippen molar-refractivity contribution < 1.29 is 19.4 Å². The molecule has 4 N–H and O–H groups in total. The molecule has 9 heteroatoms. The molecule has 1 aliphatic heterocycles. The van der Waals surface area contributed by atoms with Crippen molar-refractivity contribution in [1.82, 2.24) is 9.97 Å². The largest absolute Gasteiger partial charge is 0.493 e. The minimum Gasteiger partial charge on any atom is -0.493 e. The number of aromatic nitrogens is 2. The predicted octanol–water partition coefficient (Wildman–Crippen LogP) is 4.03. The van der Waals surface area contributed by atoms with Gasteiger partial charge < -0.3 is 20.1 Å². The second kappa shape index (κ2) is 9.98. The average molecular weight is 497 g/mol. The second-order valence-corrected chi connectivity index (χ2v) is 8.56. The molecule has 186 valence electrons. The van der Waals surface area contributed by atoms with Crippen LogP contribution in [0.5, 0.6) is 5.88 Å². The van der Waals surface area contributed by atoms with Crippen molar-refractivity contribution in [2.45, 2.75) is 19.3 Å². The number of aromatic hydroxyl groups is 1. The highest BCUT2D eigenvalue weighted by Gasteiger charge is 2.36. The van der Waals surface area contributed by atoms with Gasteiger partial charge in [0.2, 0.25) is 11.8 Å². The highest BCUT2D eigenvalue weighted by molar-refractivity contribution is 6.24. The number of aromatic amines is 2. The zero-order valence-electron chi connectivity index (χ0n) is 19.9. The van der Waals surface area contributed by atoms with Crippen LogP contribution in [0.25, 0.3) is 0 Å². The number of amides is 1. The summed E-state index contributed by atoms with van der Waals surface area (Å²) in [6, 6.07) is 21.8. The summed E-state index contributed by atoms with van der Waals surface area (Å²) in [5, 5.41) is 12.7. The number of hydrogen-bond acceptors (Lipinski definition) is 6.